The Hall–Kier alpha value is -3.80. The Morgan fingerprint density at radius 1 is 1.07 bits per heavy atom. The van der Waals surface area contributed by atoms with Crippen LogP contribution in [0.2, 0.25) is 5.02 Å². The van der Waals surface area contributed by atoms with Crippen molar-refractivity contribution < 1.29 is 31.9 Å². The smallest absolute Gasteiger partial charge is 0.269 e. The van der Waals surface area contributed by atoms with Crippen LogP contribution in [0.5, 0.6) is 0 Å². The molecule has 0 saturated carbocycles. The van der Waals surface area contributed by atoms with Crippen LogP contribution in [0.15, 0.2) is 77.7 Å². The number of amides is 3. The first kappa shape index (κ1) is 28.7. The van der Waals surface area contributed by atoms with E-state index in [1.165, 1.54) is 48.5 Å². The topological polar surface area (TPSA) is 113 Å². The molecule has 2 aliphatic heterocycles. The lowest BCUT2D eigenvalue weighted by Gasteiger charge is -2.33. The molecule has 3 aromatic rings. The molecule has 0 radical (unpaired) electrons. The van der Waals surface area contributed by atoms with Crippen molar-refractivity contribution in [3.8, 4) is 0 Å². The molecular weight excluding hydrogens is 573 g/mol. The van der Waals surface area contributed by atoms with Crippen molar-refractivity contribution in [1.29, 1.82) is 0 Å². The van der Waals surface area contributed by atoms with Gasteiger partial charge < -0.3 is 15.0 Å². The van der Waals surface area contributed by atoms with E-state index in [0.29, 0.717) is 16.5 Å². The number of hydrogen-bond donors (Lipinski definition) is 1. The zero-order chi connectivity index (χ0) is 29.1. The quantitative estimate of drug-likeness (QED) is 0.401. The summed E-state index contributed by atoms with van der Waals surface area (Å²) < 4.78 is 47.7. The van der Waals surface area contributed by atoms with E-state index in [2.05, 4.69) is 5.32 Å². The molecule has 5 rings (SSSR count). The van der Waals surface area contributed by atoms with Gasteiger partial charge in [0, 0.05) is 30.3 Å². The second-order valence-corrected chi connectivity index (χ2v) is 12.0. The van der Waals surface area contributed by atoms with E-state index in [-0.39, 0.29) is 40.2 Å². The fraction of sp³-hybridized carbons (Fsp3) is 0.276. The van der Waals surface area contributed by atoms with E-state index in [9.17, 15) is 22.8 Å². The third-order valence-corrected chi connectivity index (χ3v) is 9.25. The molecule has 2 atom stereocenters. The highest BCUT2D eigenvalue weighted by Gasteiger charge is 2.44. The lowest BCUT2D eigenvalue weighted by Crippen LogP contribution is -2.49. The SMILES string of the molecule is O=C(NC[C@H]1CCCO1)[C@H](c1ccccc1F)N(Cc1ccccc1Cl)C(=O)CN1C(=O)c2ccccc2S1(=O)=O. The number of sulfonamides is 1. The first-order valence-corrected chi connectivity index (χ1v) is 14.8. The van der Waals surface area contributed by atoms with Crippen molar-refractivity contribution in [3.05, 3.63) is 100 Å². The van der Waals surface area contributed by atoms with Crippen LogP contribution in [0.25, 0.3) is 0 Å². The number of benzene rings is 3. The number of halogens is 2. The van der Waals surface area contributed by atoms with Gasteiger partial charge in [0.25, 0.3) is 15.9 Å². The Morgan fingerprint density at radius 3 is 2.49 bits per heavy atom. The van der Waals surface area contributed by atoms with Crippen molar-refractivity contribution in [3.63, 3.8) is 0 Å². The monoisotopic (exact) mass is 599 g/mol. The maximum atomic E-state index is 15.2. The first-order chi connectivity index (χ1) is 19.7. The van der Waals surface area contributed by atoms with Crippen molar-refractivity contribution in [1.82, 2.24) is 14.5 Å². The summed E-state index contributed by atoms with van der Waals surface area (Å²) in [6.07, 6.45) is 1.36. The molecular formula is C29H27ClFN3O6S. The zero-order valence-corrected chi connectivity index (χ0v) is 23.4. The molecule has 0 aromatic heterocycles. The average molecular weight is 600 g/mol. The van der Waals surface area contributed by atoms with E-state index >= 15 is 4.39 Å². The molecule has 0 bridgehead atoms. The number of rotatable bonds is 9. The van der Waals surface area contributed by atoms with Gasteiger partial charge in [0.05, 0.1) is 11.7 Å². The molecule has 1 N–H and O–H groups in total. The van der Waals surface area contributed by atoms with Crippen LogP contribution in [-0.2, 0) is 30.9 Å². The van der Waals surface area contributed by atoms with Crippen LogP contribution in [0.3, 0.4) is 0 Å². The second-order valence-electron chi connectivity index (χ2n) is 9.73. The van der Waals surface area contributed by atoms with Gasteiger partial charge in [0.15, 0.2) is 0 Å². The fourth-order valence-corrected chi connectivity index (χ4v) is 6.71. The van der Waals surface area contributed by atoms with Gasteiger partial charge in [0.1, 0.15) is 23.3 Å². The summed E-state index contributed by atoms with van der Waals surface area (Å²) >= 11 is 6.39. The van der Waals surface area contributed by atoms with Crippen LogP contribution >= 0.6 is 11.6 Å². The minimum atomic E-state index is -4.33. The van der Waals surface area contributed by atoms with E-state index in [0.717, 1.165) is 17.7 Å². The highest BCUT2D eigenvalue weighted by Crippen LogP contribution is 2.32. The number of carbonyl (C=O) groups is 3. The van der Waals surface area contributed by atoms with Crippen LogP contribution in [0.4, 0.5) is 4.39 Å². The van der Waals surface area contributed by atoms with Gasteiger partial charge in [-0.15, -0.1) is 0 Å². The first-order valence-electron chi connectivity index (χ1n) is 13.0. The third-order valence-electron chi connectivity index (χ3n) is 7.10. The maximum Gasteiger partial charge on any atom is 0.269 e. The normalized spacial score (nSPS) is 18.1. The minimum Gasteiger partial charge on any atom is -0.376 e. The molecule has 214 valence electrons. The summed E-state index contributed by atoms with van der Waals surface area (Å²) in [7, 11) is -4.33. The molecule has 2 aliphatic rings. The molecule has 12 heteroatoms. The van der Waals surface area contributed by atoms with E-state index < -0.39 is 46.1 Å². The number of carbonyl (C=O) groups excluding carboxylic acids is 3. The largest absolute Gasteiger partial charge is 0.376 e. The standard InChI is InChI=1S/C29H27ClFN3O6S/c30-23-12-4-1-8-19(23)17-33(26(35)18-34-29(37)22-11-3-6-14-25(22)41(34,38)39)27(21-10-2-5-13-24(21)31)28(36)32-16-20-9-7-15-40-20/h1-6,8,10-14,20,27H,7,9,15-18H2,(H,32,36)/t20-,27+/m1/s1. The molecule has 0 unspecified atom stereocenters. The Bertz CT molecular complexity index is 1590. The van der Waals surface area contributed by atoms with E-state index in [1.807, 2.05) is 0 Å². The molecule has 1 fully saturated rings. The predicted octanol–water partition coefficient (Wildman–Crippen LogP) is 3.69. The van der Waals surface area contributed by atoms with Crippen molar-refractivity contribution in [2.45, 2.75) is 36.4 Å². The number of nitrogens with one attached hydrogen (secondary N) is 1. The predicted molar refractivity (Wildman–Crippen MR) is 148 cm³/mol. The van der Waals surface area contributed by atoms with Gasteiger partial charge in [-0.05, 0) is 42.7 Å². The molecule has 2 heterocycles. The van der Waals surface area contributed by atoms with E-state index in [4.69, 9.17) is 16.3 Å². The Kier molecular flexibility index (Phi) is 8.39. The van der Waals surface area contributed by atoms with Crippen molar-refractivity contribution in [2.75, 3.05) is 19.7 Å². The van der Waals surface area contributed by atoms with Gasteiger partial charge in [-0.3, -0.25) is 14.4 Å². The van der Waals surface area contributed by atoms with E-state index in [1.54, 1.807) is 24.3 Å². The second kappa shape index (κ2) is 12.0. The molecule has 3 aromatic carbocycles. The summed E-state index contributed by atoms with van der Waals surface area (Å²) in [6, 6.07) is 16.3. The minimum absolute atomic E-state index is 0.0575. The number of fused-ring (bicyclic) bond motifs is 1. The summed E-state index contributed by atoms with van der Waals surface area (Å²) in [4.78, 5) is 41.6. The maximum absolute atomic E-state index is 15.2. The van der Waals surface area contributed by atoms with Gasteiger partial charge in [-0.25, -0.2) is 17.1 Å². The molecule has 0 spiro atoms. The van der Waals surface area contributed by atoms with Crippen molar-refractivity contribution in [2.24, 2.45) is 0 Å². The van der Waals surface area contributed by atoms with Crippen molar-refractivity contribution >= 4 is 39.3 Å². The third kappa shape index (κ3) is 5.83. The molecule has 41 heavy (non-hydrogen) atoms. The Morgan fingerprint density at radius 2 is 1.78 bits per heavy atom. The summed E-state index contributed by atoms with van der Waals surface area (Å²) in [5, 5.41) is 3.05. The number of nitrogens with zero attached hydrogens (tertiary/aromatic N) is 2. The van der Waals surface area contributed by atoms with Gasteiger partial charge >= 0.3 is 0 Å². The molecule has 0 aliphatic carbocycles. The molecule has 1 saturated heterocycles. The van der Waals surface area contributed by atoms with Crippen LogP contribution in [-0.4, -0.2) is 61.1 Å². The Labute approximate surface area is 241 Å². The molecule has 3 amide bonds. The van der Waals surface area contributed by atoms with Gasteiger partial charge in [0.2, 0.25) is 11.8 Å². The summed E-state index contributed by atoms with van der Waals surface area (Å²) in [6.45, 7) is -0.453. The summed E-state index contributed by atoms with van der Waals surface area (Å²) in [5.41, 5.74) is 0.282. The zero-order valence-electron chi connectivity index (χ0n) is 21.8. The fourth-order valence-electron chi connectivity index (χ4n) is 5.00. The lowest BCUT2D eigenvalue weighted by molar-refractivity contribution is -0.141. The van der Waals surface area contributed by atoms with Crippen LogP contribution < -0.4 is 5.32 Å². The number of hydrogen-bond acceptors (Lipinski definition) is 6. The van der Waals surface area contributed by atoms with Crippen LogP contribution in [0.1, 0.15) is 40.4 Å². The van der Waals surface area contributed by atoms with Gasteiger partial charge in [-0.1, -0.05) is 60.1 Å². The highest BCUT2D eigenvalue weighted by atomic mass is 35.5. The highest BCUT2D eigenvalue weighted by molar-refractivity contribution is 7.90. The summed E-state index contributed by atoms with van der Waals surface area (Å²) in [5.74, 6) is -3.18. The Balaban J connectivity index is 1.53. The van der Waals surface area contributed by atoms with Crippen LogP contribution in [0, 0.1) is 5.82 Å². The lowest BCUT2D eigenvalue weighted by atomic mass is 10.0. The van der Waals surface area contributed by atoms with Gasteiger partial charge in [-0.2, -0.15) is 0 Å². The molecule has 9 nitrogen and oxygen atoms in total. The number of ether oxygens (including phenoxy) is 1. The average Bonchev–Trinajstić information content (AvgIpc) is 3.55.